The van der Waals surface area contributed by atoms with Gasteiger partial charge in [0.25, 0.3) is 0 Å². The number of carboxylic acid groups (broad SMARTS) is 1. The molecule has 8 heteroatoms. The van der Waals surface area contributed by atoms with Crippen LogP contribution in [-0.4, -0.2) is 64.3 Å². The number of nitrogens with zero attached hydrogens (tertiary/aromatic N) is 3. The van der Waals surface area contributed by atoms with E-state index in [-0.39, 0.29) is 5.75 Å². The van der Waals surface area contributed by atoms with E-state index in [2.05, 4.69) is 14.9 Å². The van der Waals surface area contributed by atoms with Crippen LogP contribution in [0.3, 0.4) is 0 Å². The molecule has 2 N–H and O–H groups in total. The zero-order valence-corrected chi connectivity index (χ0v) is 12.0. The molecule has 1 aromatic rings. The maximum atomic E-state index is 10.9. The van der Waals surface area contributed by atoms with Gasteiger partial charge in [-0.05, 0) is 0 Å². The fourth-order valence-corrected chi connectivity index (χ4v) is 3.26. The molecular weight excluding hydrogens is 294 g/mol. The van der Waals surface area contributed by atoms with Gasteiger partial charge in [-0.1, -0.05) is 0 Å². The zero-order valence-electron chi connectivity index (χ0n) is 11.2. The van der Waals surface area contributed by atoms with E-state index < -0.39 is 12.0 Å². The van der Waals surface area contributed by atoms with Gasteiger partial charge in [0.05, 0.1) is 25.1 Å². The van der Waals surface area contributed by atoms with Gasteiger partial charge in [0.1, 0.15) is 16.5 Å². The van der Waals surface area contributed by atoms with Crippen LogP contribution in [0.1, 0.15) is 5.69 Å². The van der Waals surface area contributed by atoms with Crippen molar-refractivity contribution in [3.63, 3.8) is 0 Å². The van der Waals surface area contributed by atoms with Gasteiger partial charge < -0.3 is 19.8 Å². The first-order valence-electron chi connectivity index (χ1n) is 6.60. The van der Waals surface area contributed by atoms with E-state index in [1.54, 1.807) is 12.3 Å². The number of thioether (sulfide) groups is 1. The van der Waals surface area contributed by atoms with Crippen molar-refractivity contribution in [1.29, 1.82) is 0 Å². The number of aliphatic carboxylic acids is 1. The van der Waals surface area contributed by atoms with Crippen molar-refractivity contribution in [1.82, 2.24) is 4.98 Å². The summed E-state index contributed by atoms with van der Waals surface area (Å²) in [4.78, 5) is 21.3. The highest BCUT2D eigenvalue weighted by Gasteiger charge is 2.27. The third-order valence-electron chi connectivity index (χ3n) is 3.37. The summed E-state index contributed by atoms with van der Waals surface area (Å²) in [7, 11) is 0. The molecule has 0 bridgehead atoms. The first-order valence-corrected chi connectivity index (χ1v) is 7.59. The van der Waals surface area contributed by atoms with Crippen molar-refractivity contribution in [2.45, 2.75) is 6.04 Å². The van der Waals surface area contributed by atoms with Gasteiger partial charge >= 0.3 is 5.97 Å². The summed E-state index contributed by atoms with van der Waals surface area (Å²) < 4.78 is 5.29. The second kappa shape index (κ2) is 5.90. The van der Waals surface area contributed by atoms with E-state index >= 15 is 0 Å². The highest BCUT2D eigenvalue weighted by Crippen LogP contribution is 2.30. The van der Waals surface area contributed by atoms with Crippen molar-refractivity contribution < 1.29 is 19.7 Å². The number of anilines is 1. The average Bonchev–Trinajstić information content (AvgIpc) is 2.98. The van der Waals surface area contributed by atoms with Crippen molar-refractivity contribution in [2.75, 3.05) is 37.0 Å². The van der Waals surface area contributed by atoms with Crippen LogP contribution in [0.5, 0.6) is 5.75 Å². The fraction of sp³-hybridized carbons (Fsp3) is 0.462. The number of ether oxygens (including phenoxy) is 1. The number of aliphatic imine (C=N–C) groups is 1. The summed E-state index contributed by atoms with van der Waals surface area (Å²) in [5.41, 5.74) is 1.18. The largest absolute Gasteiger partial charge is 0.506 e. The number of aromatic hydroxyl groups is 1. The molecule has 3 heterocycles. The minimum atomic E-state index is -0.957. The number of carboxylic acids is 1. The first kappa shape index (κ1) is 14.2. The molecule has 7 nitrogen and oxygen atoms in total. The summed E-state index contributed by atoms with van der Waals surface area (Å²) in [5.74, 6) is -0.560. The van der Waals surface area contributed by atoms with Crippen molar-refractivity contribution in [2.24, 2.45) is 4.99 Å². The van der Waals surface area contributed by atoms with Crippen LogP contribution < -0.4 is 4.90 Å². The fourth-order valence-electron chi connectivity index (χ4n) is 2.23. The molecule has 21 heavy (non-hydrogen) atoms. The maximum Gasteiger partial charge on any atom is 0.329 e. The van der Waals surface area contributed by atoms with E-state index in [4.69, 9.17) is 9.84 Å². The standard InChI is InChI=1S/C13H15N3O4S/c17-10-5-8(16-1-3-20-4-2-16)6-14-11(10)12-15-9(7-21-12)13(18)19/h5-6,9,17H,1-4,7H2,(H,18,19)/t9-/m1/s1. The predicted octanol–water partition coefficient (Wildman–Crippen LogP) is 0.570. The highest BCUT2D eigenvalue weighted by atomic mass is 32.2. The summed E-state index contributed by atoms with van der Waals surface area (Å²) in [6.45, 7) is 2.84. The third kappa shape index (κ3) is 2.96. The number of hydrogen-bond acceptors (Lipinski definition) is 7. The minimum Gasteiger partial charge on any atom is -0.506 e. The van der Waals surface area contributed by atoms with Gasteiger partial charge in [-0.3, -0.25) is 4.99 Å². The van der Waals surface area contributed by atoms with Gasteiger partial charge in [-0.15, -0.1) is 11.8 Å². The number of morpholine rings is 1. The lowest BCUT2D eigenvalue weighted by molar-refractivity contribution is -0.137. The summed E-state index contributed by atoms with van der Waals surface area (Å²) in [6, 6.07) is 0.885. The molecule has 3 rings (SSSR count). The van der Waals surface area contributed by atoms with Gasteiger partial charge in [0.2, 0.25) is 0 Å². The van der Waals surface area contributed by atoms with Gasteiger partial charge in [-0.25, -0.2) is 9.78 Å². The van der Waals surface area contributed by atoms with Crippen LogP contribution in [0, 0.1) is 0 Å². The number of rotatable bonds is 3. The molecule has 0 amide bonds. The molecule has 1 fully saturated rings. The van der Waals surface area contributed by atoms with E-state index in [0.29, 0.717) is 29.7 Å². The molecular formula is C13H15N3O4S. The Morgan fingerprint density at radius 1 is 1.43 bits per heavy atom. The molecule has 2 aliphatic heterocycles. The molecule has 112 valence electrons. The quantitative estimate of drug-likeness (QED) is 0.842. The van der Waals surface area contributed by atoms with Crippen molar-refractivity contribution >= 4 is 28.5 Å². The van der Waals surface area contributed by atoms with E-state index in [0.717, 1.165) is 18.8 Å². The Labute approximate surface area is 125 Å². The van der Waals surface area contributed by atoms with Crippen LogP contribution in [0.25, 0.3) is 0 Å². The van der Waals surface area contributed by atoms with Crippen LogP contribution in [0.15, 0.2) is 17.3 Å². The van der Waals surface area contributed by atoms with E-state index in [1.165, 1.54) is 11.8 Å². The topological polar surface area (TPSA) is 95.2 Å². The predicted molar refractivity (Wildman–Crippen MR) is 79.4 cm³/mol. The molecule has 1 saturated heterocycles. The Balaban J connectivity index is 1.81. The van der Waals surface area contributed by atoms with Crippen LogP contribution in [-0.2, 0) is 9.53 Å². The Morgan fingerprint density at radius 3 is 2.81 bits per heavy atom. The summed E-state index contributed by atoms with van der Waals surface area (Å²) in [6.07, 6.45) is 1.68. The molecule has 0 radical (unpaired) electrons. The zero-order chi connectivity index (χ0) is 14.8. The highest BCUT2D eigenvalue weighted by molar-refractivity contribution is 8.14. The molecule has 0 aliphatic carbocycles. The normalized spacial score (nSPS) is 22.2. The van der Waals surface area contributed by atoms with E-state index in [1.807, 2.05) is 0 Å². The Morgan fingerprint density at radius 2 is 2.19 bits per heavy atom. The minimum absolute atomic E-state index is 0.0243. The number of carbonyl (C=O) groups is 1. The first-order chi connectivity index (χ1) is 10.1. The smallest absolute Gasteiger partial charge is 0.329 e. The third-order valence-corrected chi connectivity index (χ3v) is 4.42. The van der Waals surface area contributed by atoms with Crippen LogP contribution in [0.2, 0.25) is 0 Å². The molecule has 2 aliphatic rings. The lowest BCUT2D eigenvalue weighted by Gasteiger charge is -2.28. The molecule has 1 aromatic heterocycles. The van der Waals surface area contributed by atoms with Gasteiger partial charge in [-0.2, -0.15) is 0 Å². The summed E-state index contributed by atoms with van der Waals surface area (Å²) in [5, 5.41) is 19.6. The Kier molecular flexibility index (Phi) is 3.98. The van der Waals surface area contributed by atoms with Crippen LogP contribution in [0.4, 0.5) is 5.69 Å². The summed E-state index contributed by atoms with van der Waals surface area (Å²) >= 11 is 1.30. The monoisotopic (exact) mass is 309 g/mol. The number of aromatic nitrogens is 1. The molecule has 1 atom stereocenters. The van der Waals surface area contributed by atoms with Gasteiger partial charge in [0, 0.05) is 24.9 Å². The van der Waals surface area contributed by atoms with Crippen LogP contribution >= 0.6 is 11.8 Å². The molecule has 0 saturated carbocycles. The molecule has 0 spiro atoms. The van der Waals surface area contributed by atoms with Crippen molar-refractivity contribution in [3.05, 3.63) is 18.0 Å². The van der Waals surface area contributed by atoms with Gasteiger partial charge in [0.15, 0.2) is 6.04 Å². The molecule has 0 aromatic carbocycles. The molecule has 0 unspecified atom stereocenters. The number of pyridine rings is 1. The SMILES string of the molecule is O=C(O)[C@H]1CSC(c2ncc(N3CCOCC3)cc2O)=N1. The second-order valence-corrected chi connectivity index (χ2v) is 5.77. The average molecular weight is 309 g/mol. The lowest BCUT2D eigenvalue weighted by Crippen LogP contribution is -2.36. The number of hydrogen-bond donors (Lipinski definition) is 2. The van der Waals surface area contributed by atoms with E-state index in [9.17, 15) is 9.90 Å². The maximum absolute atomic E-state index is 10.9. The second-order valence-electron chi connectivity index (χ2n) is 4.76. The Hall–Kier alpha value is -1.80. The van der Waals surface area contributed by atoms with Crippen molar-refractivity contribution in [3.8, 4) is 5.75 Å². The Bertz CT molecular complexity index is 587. The lowest BCUT2D eigenvalue weighted by atomic mass is 10.2.